The van der Waals surface area contributed by atoms with Gasteiger partial charge in [-0.1, -0.05) is 6.07 Å². The lowest BCUT2D eigenvalue weighted by Gasteiger charge is -2.31. The first-order chi connectivity index (χ1) is 11.4. The third-order valence-corrected chi connectivity index (χ3v) is 4.10. The van der Waals surface area contributed by atoms with Crippen molar-refractivity contribution in [3.05, 3.63) is 39.4 Å². The fraction of sp³-hybridized carbons (Fsp3) is 0.500. The Balaban J connectivity index is 1.96. The van der Waals surface area contributed by atoms with E-state index in [1.165, 1.54) is 12.1 Å². The Hall–Kier alpha value is -2.64. The molecule has 0 atom stereocenters. The maximum Gasteiger partial charge on any atom is 0.409 e. The van der Waals surface area contributed by atoms with E-state index in [4.69, 9.17) is 4.74 Å². The summed E-state index contributed by atoms with van der Waals surface area (Å²) in [4.78, 5) is 36.1. The van der Waals surface area contributed by atoms with Crippen LogP contribution < -0.4 is 5.32 Å². The minimum atomic E-state index is -0.496. The lowest BCUT2D eigenvalue weighted by atomic mass is 10.0. The minimum absolute atomic E-state index is 0.0677. The van der Waals surface area contributed by atoms with Crippen LogP contribution in [0.4, 0.5) is 10.5 Å². The molecular weight excluding hydrogens is 314 g/mol. The molecule has 1 N–H and O–H groups in total. The first-order valence-corrected chi connectivity index (χ1v) is 7.90. The van der Waals surface area contributed by atoms with Crippen LogP contribution in [0.2, 0.25) is 0 Å². The van der Waals surface area contributed by atoms with E-state index in [0.717, 1.165) is 0 Å². The van der Waals surface area contributed by atoms with Gasteiger partial charge >= 0.3 is 6.09 Å². The molecule has 2 rings (SSSR count). The fourth-order valence-corrected chi connectivity index (χ4v) is 2.75. The Morgan fingerprint density at radius 1 is 1.38 bits per heavy atom. The molecule has 1 saturated heterocycles. The Labute approximate surface area is 139 Å². The van der Waals surface area contributed by atoms with Crippen molar-refractivity contribution in [3.8, 4) is 0 Å². The fourth-order valence-electron chi connectivity index (χ4n) is 2.75. The normalized spacial score (nSPS) is 15.0. The van der Waals surface area contributed by atoms with Crippen molar-refractivity contribution in [2.45, 2.75) is 32.7 Å². The smallest absolute Gasteiger partial charge is 0.409 e. The zero-order valence-electron chi connectivity index (χ0n) is 13.8. The van der Waals surface area contributed by atoms with Crippen LogP contribution in [-0.2, 0) is 4.74 Å². The predicted molar refractivity (Wildman–Crippen MR) is 86.9 cm³/mol. The van der Waals surface area contributed by atoms with Gasteiger partial charge in [-0.15, -0.1) is 0 Å². The summed E-state index contributed by atoms with van der Waals surface area (Å²) >= 11 is 0. The number of amides is 2. The molecule has 1 aliphatic rings. The van der Waals surface area contributed by atoms with E-state index in [0.29, 0.717) is 43.7 Å². The zero-order chi connectivity index (χ0) is 17.7. The summed E-state index contributed by atoms with van der Waals surface area (Å²) < 4.78 is 4.95. The first-order valence-electron chi connectivity index (χ1n) is 7.90. The molecule has 1 aromatic rings. The van der Waals surface area contributed by atoms with Crippen molar-refractivity contribution >= 4 is 17.7 Å². The third kappa shape index (κ3) is 4.01. The maximum atomic E-state index is 12.4. The summed E-state index contributed by atoms with van der Waals surface area (Å²) in [6.45, 7) is 4.68. The number of carbonyl (C=O) groups is 2. The van der Waals surface area contributed by atoms with Crippen LogP contribution in [0, 0.1) is 17.0 Å². The van der Waals surface area contributed by atoms with Gasteiger partial charge in [0, 0.05) is 36.3 Å². The Morgan fingerprint density at radius 3 is 2.62 bits per heavy atom. The molecule has 0 bridgehead atoms. The van der Waals surface area contributed by atoms with Gasteiger partial charge < -0.3 is 15.0 Å². The second-order valence-electron chi connectivity index (χ2n) is 5.64. The molecule has 0 unspecified atom stereocenters. The van der Waals surface area contributed by atoms with Crippen molar-refractivity contribution in [3.63, 3.8) is 0 Å². The number of benzene rings is 1. The quantitative estimate of drug-likeness (QED) is 0.671. The van der Waals surface area contributed by atoms with E-state index in [2.05, 4.69) is 5.32 Å². The predicted octanol–water partition coefficient (Wildman–Crippen LogP) is 2.25. The van der Waals surface area contributed by atoms with Crippen LogP contribution in [-0.4, -0.2) is 47.6 Å². The average Bonchev–Trinajstić information content (AvgIpc) is 2.55. The number of hydrogen-bond acceptors (Lipinski definition) is 5. The van der Waals surface area contributed by atoms with E-state index in [1.807, 2.05) is 0 Å². The van der Waals surface area contributed by atoms with Crippen LogP contribution in [0.25, 0.3) is 0 Å². The van der Waals surface area contributed by atoms with Crippen molar-refractivity contribution in [2.75, 3.05) is 19.7 Å². The van der Waals surface area contributed by atoms with Gasteiger partial charge in [-0.3, -0.25) is 14.9 Å². The number of nitrogens with one attached hydrogen (secondary N) is 1. The van der Waals surface area contributed by atoms with Crippen LogP contribution in [0.5, 0.6) is 0 Å². The summed E-state index contributed by atoms with van der Waals surface area (Å²) in [5.41, 5.74) is 0.584. The number of ether oxygens (including phenoxy) is 1. The molecule has 2 amide bonds. The van der Waals surface area contributed by atoms with Crippen LogP contribution in [0.3, 0.4) is 0 Å². The number of nitro benzene ring substituents is 1. The van der Waals surface area contributed by atoms with Crippen LogP contribution >= 0.6 is 0 Å². The summed E-state index contributed by atoms with van der Waals surface area (Å²) in [5.74, 6) is -0.328. The molecule has 24 heavy (non-hydrogen) atoms. The topological polar surface area (TPSA) is 102 Å². The summed E-state index contributed by atoms with van der Waals surface area (Å²) in [7, 11) is 0. The van der Waals surface area contributed by atoms with Crippen molar-refractivity contribution in [1.82, 2.24) is 10.2 Å². The van der Waals surface area contributed by atoms with Gasteiger partial charge in [-0.05, 0) is 32.8 Å². The summed E-state index contributed by atoms with van der Waals surface area (Å²) in [5, 5.41) is 13.9. The van der Waals surface area contributed by atoms with E-state index in [-0.39, 0.29) is 23.7 Å². The molecule has 1 fully saturated rings. The second kappa shape index (κ2) is 7.76. The van der Waals surface area contributed by atoms with Gasteiger partial charge in [0.2, 0.25) is 0 Å². The van der Waals surface area contributed by atoms with Gasteiger partial charge in [-0.2, -0.15) is 0 Å². The highest BCUT2D eigenvalue weighted by molar-refractivity contribution is 5.96. The molecule has 130 valence electrons. The van der Waals surface area contributed by atoms with Crippen LogP contribution in [0.15, 0.2) is 18.2 Å². The second-order valence-corrected chi connectivity index (χ2v) is 5.64. The molecular formula is C16H21N3O5. The number of hydrogen-bond donors (Lipinski definition) is 1. The Kier molecular flexibility index (Phi) is 5.73. The summed E-state index contributed by atoms with van der Waals surface area (Å²) in [6, 6.07) is 4.39. The molecule has 0 radical (unpaired) electrons. The van der Waals surface area contributed by atoms with E-state index in [1.54, 1.807) is 24.8 Å². The van der Waals surface area contributed by atoms with Crippen molar-refractivity contribution in [1.29, 1.82) is 0 Å². The highest BCUT2D eigenvalue weighted by Gasteiger charge is 2.26. The molecule has 0 aliphatic carbocycles. The number of piperidine rings is 1. The number of likely N-dealkylation sites (tertiary alicyclic amines) is 1. The standard InChI is InChI=1S/C16H21N3O5/c1-3-24-16(21)18-9-7-12(8-10-18)17-15(20)13-5-4-6-14(11(13)2)19(22)23/h4-6,12H,3,7-10H2,1-2H3,(H,17,20). The Morgan fingerprint density at radius 2 is 2.04 bits per heavy atom. The largest absolute Gasteiger partial charge is 0.450 e. The van der Waals surface area contributed by atoms with E-state index >= 15 is 0 Å². The number of carbonyl (C=O) groups excluding carboxylic acids is 2. The number of nitrogens with zero attached hydrogens (tertiary/aromatic N) is 2. The zero-order valence-corrected chi connectivity index (χ0v) is 13.8. The van der Waals surface area contributed by atoms with Gasteiger partial charge in [0.15, 0.2) is 0 Å². The third-order valence-electron chi connectivity index (χ3n) is 4.10. The SMILES string of the molecule is CCOC(=O)N1CCC(NC(=O)c2cccc([N+](=O)[O-])c2C)CC1. The lowest BCUT2D eigenvalue weighted by Crippen LogP contribution is -2.46. The lowest BCUT2D eigenvalue weighted by molar-refractivity contribution is -0.385. The summed E-state index contributed by atoms with van der Waals surface area (Å²) in [6.07, 6.45) is 0.911. The number of rotatable bonds is 4. The molecule has 1 heterocycles. The average molecular weight is 335 g/mol. The van der Waals surface area contributed by atoms with Gasteiger partial charge in [0.25, 0.3) is 11.6 Å². The first kappa shape index (κ1) is 17.7. The number of nitro groups is 1. The van der Waals surface area contributed by atoms with Gasteiger partial charge in [0.1, 0.15) is 0 Å². The van der Waals surface area contributed by atoms with E-state index < -0.39 is 4.92 Å². The Bertz CT molecular complexity index is 639. The van der Waals surface area contributed by atoms with Crippen molar-refractivity contribution < 1.29 is 19.2 Å². The molecule has 1 aliphatic heterocycles. The molecule has 0 aromatic heterocycles. The maximum absolute atomic E-state index is 12.4. The molecule has 1 aromatic carbocycles. The molecule has 0 spiro atoms. The highest BCUT2D eigenvalue weighted by Crippen LogP contribution is 2.21. The van der Waals surface area contributed by atoms with E-state index in [9.17, 15) is 19.7 Å². The molecule has 8 nitrogen and oxygen atoms in total. The van der Waals surface area contributed by atoms with Gasteiger partial charge in [0.05, 0.1) is 11.5 Å². The monoisotopic (exact) mass is 335 g/mol. The highest BCUT2D eigenvalue weighted by atomic mass is 16.6. The van der Waals surface area contributed by atoms with Crippen LogP contribution in [0.1, 0.15) is 35.7 Å². The van der Waals surface area contributed by atoms with Crippen molar-refractivity contribution in [2.24, 2.45) is 0 Å². The minimum Gasteiger partial charge on any atom is -0.450 e. The van der Waals surface area contributed by atoms with Gasteiger partial charge in [-0.25, -0.2) is 4.79 Å². The molecule has 0 saturated carbocycles. The molecule has 8 heteroatoms.